The molecule has 2 fully saturated rings. The summed E-state index contributed by atoms with van der Waals surface area (Å²) < 4.78 is 0. The molecule has 2 saturated heterocycles. The van der Waals surface area contributed by atoms with Gasteiger partial charge in [0, 0.05) is 25.3 Å². The van der Waals surface area contributed by atoms with Crippen LogP contribution in [-0.2, 0) is 9.59 Å². The van der Waals surface area contributed by atoms with Crippen LogP contribution in [0.25, 0.3) is 0 Å². The van der Waals surface area contributed by atoms with E-state index >= 15 is 0 Å². The highest BCUT2D eigenvalue weighted by Gasteiger charge is 2.33. The monoisotopic (exact) mass is 313 g/mol. The van der Waals surface area contributed by atoms with Gasteiger partial charge >= 0.3 is 0 Å². The summed E-state index contributed by atoms with van der Waals surface area (Å²) in [5.74, 6) is 1.53. The molecule has 120 valence electrons. The Morgan fingerprint density at radius 1 is 1.29 bits per heavy atom. The molecule has 5 nitrogen and oxygen atoms in total. The molecule has 0 aliphatic carbocycles. The average Bonchev–Trinajstić information content (AvgIpc) is 3.15. The molecule has 2 heterocycles. The maximum atomic E-state index is 12.3. The summed E-state index contributed by atoms with van der Waals surface area (Å²) in [5, 5.41) is 3.00. The zero-order valence-electron chi connectivity index (χ0n) is 13.0. The lowest BCUT2D eigenvalue weighted by Crippen LogP contribution is -2.48. The summed E-state index contributed by atoms with van der Waals surface area (Å²) >= 11 is 1.67. The van der Waals surface area contributed by atoms with Gasteiger partial charge in [-0.2, -0.15) is 0 Å². The Hall–Kier alpha value is -0.750. The van der Waals surface area contributed by atoms with E-state index in [2.05, 4.69) is 17.1 Å². The Bertz CT molecular complexity index is 359. The summed E-state index contributed by atoms with van der Waals surface area (Å²) in [6.45, 7) is 5.99. The van der Waals surface area contributed by atoms with E-state index in [4.69, 9.17) is 0 Å². The molecule has 1 atom stereocenters. The summed E-state index contributed by atoms with van der Waals surface area (Å²) in [4.78, 5) is 28.5. The van der Waals surface area contributed by atoms with E-state index in [0.717, 1.165) is 38.2 Å². The van der Waals surface area contributed by atoms with E-state index in [1.165, 1.54) is 12.8 Å². The molecule has 2 aliphatic heterocycles. The molecule has 2 aliphatic rings. The summed E-state index contributed by atoms with van der Waals surface area (Å²) in [6.07, 6.45) is 5.02. The smallest absolute Gasteiger partial charge is 0.243 e. The van der Waals surface area contributed by atoms with Gasteiger partial charge in [0.2, 0.25) is 11.8 Å². The summed E-state index contributed by atoms with van der Waals surface area (Å²) in [5.41, 5.74) is 0. The number of nitrogens with zero attached hydrogens (tertiary/aromatic N) is 2. The van der Waals surface area contributed by atoms with Crippen LogP contribution in [0.5, 0.6) is 0 Å². The average molecular weight is 313 g/mol. The molecule has 1 unspecified atom stereocenters. The maximum Gasteiger partial charge on any atom is 0.243 e. The SMILES string of the molecule is CCCCC(=O)N1CSCC1C(=O)NCCN1CCCC1. The first-order chi connectivity index (χ1) is 10.2. The number of amides is 2. The topological polar surface area (TPSA) is 52.7 Å². The van der Waals surface area contributed by atoms with Gasteiger partial charge in [-0.05, 0) is 32.4 Å². The fourth-order valence-electron chi connectivity index (χ4n) is 2.84. The minimum absolute atomic E-state index is 0.0176. The van der Waals surface area contributed by atoms with Crippen LogP contribution in [0.15, 0.2) is 0 Å². The zero-order valence-corrected chi connectivity index (χ0v) is 13.8. The van der Waals surface area contributed by atoms with Crippen LogP contribution < -0.4 is 5.32 Å². The first kappa shape index (κ1) is 16.6. The molecule has 21 heavy (non-hydrogen) atoms. The second-order valence-electron chi connectivity index (χ2n) is 5.82. The van der Waals surface area contributed by atoms with E-state index in [1.54, 1.807) is 16.7 Å². The summed E-state index contributed by atoms with van der Waals surface area (Å²) in [6, 6.07) is -0.266. The highest BCUT2D eigenvalue weighted by Crippen LogP contribution is 2.22. The van der Waals surface area contributed by atoms with E-state index in [-0.39, 0.29) is 17.9 Å². The number of unbranched alkanes of at least 4 members (excludes halogenated alkanes) is 1. The van der Waals surface area contributed by atoms with Crippen molar-refractivity contribution in [2.24, 2.45) is 0 Å². The van der Waals surface area contributed by atoms with E-state index in [0.29, 0.717) is 18.8 Å². The van der Waals surface area contributed by atoms with Crippen molar-refractivity contribution in [2.45, 2.75) is 45.1 Å². The van der Waals surface area contributed by atoms with Gasteiger partial charge in [-0.15, -0.1) is 11.8 Å². The molecule has 6 heteroatoms. The number of hydrogen-bond acceptors (Lipinski definition) is 4. The third kappa shape index (κ3) is 4.88. The lowest BCUT2D eigenvalue weighted by Gasteiger charge is -2.23. The molecule has 0 bridgehead atoms. The number of rotatable bonds is 7. The van der Waals surface area contributed by atoms with Gasteiger partial charge < -0.3 is 15.1 Å². The number of likely N-dealkylation sites (tertiary alicyclic amines) is 1. The molecule has 0 aromatic rings. The van der Waals surface area contributed by atoms with Crippen molar-refractivity contribution in [3.63, 3.8) is 0 Å². The van der Waals surface area contributed by atoms with Gasteiger partial charge in [-0.1, -0.05) is 13.3 Å². The fraction of sp³-hybridized carbons (Fsp3) is 0.867. The van der Waals surface area contributed by atoms with E-state index in [1.807, 2.05) is 0 Å². The van der Waals surface area contributed by atoms with Gasteiger partial charge in [-0.25, -0.2) is 0 Å². The van der Waals surface area contributed by atoms with Gasteiger partial charge in [0.05, 0.1) is 5.88 Å². The lowest BCUT2D eigenvalue weighted by molar-refractivity contribution is -0.138. The fourth-order valence-corrected chi connectivity index (χ4v) is 4.02. The van der Waals surface area contributed by atoms with Crippen LogP contribution in [0.2, 0.25) is 0 Å². The second-order valence-corrected chi connectivity index (χ2v) is 6.82. The van der Waals surface area contributed by atoms with Crippen LogP contribution in [-0.4, -0.2) is 65.5 Å². The Labute approximate surface area is 131 Å². The van der Waals surface area contributed by atoms with Crippen molar-refractivity contribution in [3.8, 4) is 0 Å². The number of hydrogen-bond donors (Lipinski definition) is 1. The Kier molecular flexibility index (Phi) is 6.83. The molecule has 2 amide bonds. The minimum Gasteiger partial charge on any atom is -0.353 e. The molecule has 0 saturated carbocycles. The zero-order chi connectivity index (χ0) is 15.1. The number of thioether (sulfide) groups is 1. The van der Waals surface area contributed by atoms with Crippen LogP contribution >= 0.6 is 11.8 Å². The third-order valence-corrected chi connectivity index (χ3v) is 5.19. The largest absolute Gasteiger partial charge is 0.353 e. The van der Waals surface area contributed by atoms with Gasteiger partial charge in [0.25, 0.3) is 0 Å². The van der Waals surface area contributed by atoms with Crippen LogP contribution in [0.3, 0.4) is 0 Å². The minimum atomic E-state index is -0.266. The van der Waals surface area contributed by atoms with Gasteiger partial charge in [0.1, 0.15) is 6.04 Å². The number of nitrogens with one attached hydrogen (secondary N) is 1. The van der Waals surface area contributed by atoms with Crippen LogP contribution in [0.4, 0.5) is 0 Å². The van der Waals surface area contributed by atoms with Crippen molar-refractivity contribution < 1.29 is 9.59 Å². The molecular weight excluding hydrogens is 286 g/mol. The van der Waals surface area contributed by atoms with Crippen LogP contribution in [0.1, 0.15) is 39.0 Å². The predicted molar refractivity (Wildman–Crippen MR) is 86.2 cm³/mol. The second kappa shape index (κ2) is 8.63. The standard InChI is InChI=1S/C15H27N3O2S/c1-2-3-6-14(19)18-12-21-11-13(18)15(20)16-7-10-17-8-4-5-9-17/h13H,2-12H2,1H3,(H,16,20). The maximum absolute atomic E-state index is 12.3. The Morgan fingerprint density at radius 3 is 2.76 bits per heavy atom. The number of carbonyl (C=O) groups is 2. The first-order valence-corrected chi connectivity index (χ1v) is 9.25. The quantitative estimate of drug-likeness (QED) is 0.769. The first-order valence-electron chi connectivity index (χ1n) is 8.09. The van der Waals surface area contributed by atoms with Gasteiger partial charge in [-0.3, -0.25) is 9.59 Å². The highest BCUT2D eigenvalue weighted by atomic mass is 32.2. The van der Waals surface area contributed by atoms with Crippen molar-refractivity contribution in [2.75, 3.05) is 37.8 Å². The Morgan fingerprint density at radius 2 is 2.05 bits per heavy atom. The summed E-state index contributed by atoms with van der Waals surface area (Å²) in [7, 11) is 0. The van der Waals surface area contributed by atoms with Crippen molar-refractivity contribution in [3.05, 3.63) is 0 Å². The van der Waals surface area contributed by atoms with Crippen molar-refractivity contribution in [1.82, 2.24) is 15.1 Å². The van der Waals surface area contributed by atoms with E-state index in [9.17, 15) is 9.59 Å². The third-order valence-electron chi connectivity index (χ3n) is 4.18. The highest BCUT2D eigenvalue weighted by molar-refractivity contribution is 7.99. The molecule has 0 aromatic heterocycles. The molecule has 0 aromatic carbocycles. The lowest BCUT2D eigenvalue weighted by atomic mass is 10.2. The number of carbonyl (C=O) groups excluding carboxylic acids is 2. The normalized spacial score (nSPS) is 22.7. The predicted octanol–water partition coefficient (Wildman–Crippen LogP) is 1.29. The molecule has 2 rings (SSSR count). The molecule has 0 radical (unpaired) electrons. The molecule has 1 N–H and O–H groups in total. The van der Waals surface area contributed by atoms with Gasteiger partial charge in [0.15, 0.2) is 0 Å². The van der Waals surface area contributed by atoms with Crippen LogP contribution in [0, 0.1) is 0 Å². The van der Waals surface area contributed by atoms with E-state index < -0.39 is 0 Å². The molecule has 0 spiro atoms. The van der Waals surface area contributed by atoms with Crippen molar-refractivity contribution >= 4 is 23.6 Å². The molecular formula is C15H27N3O2S. The Balaban J connectivity index is 1.73. The van der Waals surface area contributed by atoms with Crippen molar-refractivity contribution in [1.29, 1.82) is 0 Å².